The van der Waals surface area contributed by atoms with Crippen LogP contribution in [0, 0.1) is 6.57 Å². The molecule has 0 aliphatic rings. The molecule has 7 heteroatoms. The second kappa shape index (κ2) is 5.65. The molecule has 2 aromatic carbocycles. The van der Waals surface area contributed by atoms with E-state index in [0.717, 1.165) is 16.6 Å². The van der Waals surface area contributed by atoms with E-state index >= 15 is 0 Å². The molecule has 6 nitrogen and oxygen atoms in total. The summed E-state index contributed by atoms with van der Waals surface area (Å²) in [6, 6.07) is 12.3. The Morgan fingerprint density at radius 2 is 1.96 bits per heavy atom. The van der Waals surface area contributed by atoms with Gasteiger partial charge in [-0.2, -0.15) is 5.10 Å². The monoisotopic (exact) mass is 349 g/mol. The number of benzene rings is 2. The van der Waals surface area contributed by atoms with E-state index in [1.807, 2.05) is 0 Å². The van der Waals surface area contributed by atoms with Crippen molar-refractivity contribution in [1.29, 1.82) is 0 Å². The molecule has 0 bridgehead atoms. The van der Waals surface area contributed by atoms with Gasteiger partial charge in [0.15, 0.2) is 17.3 Å². The van der Waals surface area contributed by atoms with Crippen molar-refractivity contribution in [2.24, 2.45) is 7.05 Å². The maximum atomic E-state index is 10.7. The first-order valence-electron chi connectivity index (χ1n) is 7.46. The van der Waals surface area contributed by atoms with Crippen LogP contribution >= 0.6 is 11.6 Å². The minimum Gasteiger partial charge on any atom is -0.504 e. The molecule has 2 heterocycles. The Labute approximate surface area is 148 Å². The third-order valence-corrected chi connectivity index (χ3v) is 4.21. The second-order valence-electron chi connectivity index (χ2n) is 5.57. The fourth-order valence-corrected chi connectivity index (χ4v) is 2.89. The highest BCUT2D eigenvalue weighted by atomic mass is 35.5. The van der Waals surface area contributed by atoms with Gasteiger partial charge in [-0.05, 0) is 24.3 Å². The maximum Gasteiger partial charge on any atom is 0.189 e. The third-order valence-electron chi connectivity index (χ3n) is 3.96. The highest BCUT2D eigenvalue weighted by Gasteiger charge is 2.21. The van der Waals surface area contributed by atoms with Crippen molar-refractivity contribution in [3.8, 4) is 28.5 Å². The molecule has 0 aliphatic heterocycles. The van der Waals surface area contributed by atoms with Crippen LogP contribution < -0.4 is 0 Å². The molecule has 0 aliphatic carbocycles. The predicted octanol–water partition coefficient (Wildman–Crippen LogP) is 4.54. The molecule has 0 saturated heterocycles. The number of nitrogens with zero attached hydrogens (tertiary/aromatic N) is 4. The topological polar surface area (TPSA) is 71.1 Å². The first kappa shape index (κ1) is 15.2. The second-order valence-corrected chi connectivity index (χ2v) is 6.01. The molecular formula is C18H12ClN5O. The number of aromatic amines is 1. The lowest BCUT2D eigenvalue weighted by Crippen LogP contribution is -1.95. The van der Waals surface area contributed by atoms with Gasteiger partial charge in [0.1, 0.15) is 11.4 Å². The van der Waals surface area contributed by atoms with Crippen molar-refractivity contribution in [2.75, 3.05) is 0 Å². The lowest BCUT2D eigenvalue weighted by Gasteiger charge is -1.99. The number of imidazole rings is 1. The molecule has 0 atom stereocenters. The van der Waals surface area contributed by atoms with Gasteiger partial charge in [0, 0.05) is 17.6 Å². The van der Waals surface area contributed by atoms with Crippen LogP contribution in [0.2, 0.25) is 5.02 Å². The maximum absolute atomic E-state index is 10.7. The average Bonchev–Trinajstić information content (AvgIpc) is 3.15. The zero-order valence-corrected chi connectivity index (χ0v) is 13.9. The molecule has 122 valence electrons. The molecule has 0 saturated carbocycles. The van der Waals surface area contributed by atoms with Gasteiger partial charge in [0.2, 0.25) is 0 Å². The highest BCUT2D eigenvalue weighted by Crippen LogP contribution is 2.37. The summed E-state index contributed by atoms with van der Waals surface area (Å²) in [5.41, 5.74) is 3.67. The summed E-state index contributed by atoms with van der Waals surface area (Å²) >= 11 is 5.92. The van der Waals surface area contributed by atoms with E-state index in [0.29, 0.717) is 27.9 Å². The number of fused-ring (bicyclic) bond motifs is 1. The number of hydrogen-bond acceptors (Lipinski definition) is 3. The summed E-state index contributed by atoms with van der Waals surface area (Å²) in [5, 5.41) is 15.7. The van der Waals surface area contributed by atoms with Gasteiger partial charge in [-0.1, -0.05) is 29.8 Å². The van der Waals surface area contributed by atoms with Crippen LogP contribution in [0.3, 0.4) is 0 Å². The first-order chi connectivity index (χ1) is 12.1. The fourth-order valence-electron chi connectivity index (χ4n) is 2.76. The van der Waals surface area contributed by atoms with Crippen LogP contribution in [0.5, 0.6) is 5.75 Å². The standard InChI is InChI=1S/C18H12ClN5O/c1-20-12-7-8-13-14(9-12)22-18(21-13)16-17(25)15(23-24(16)2)10-3-5-11(19)6-4-10/h3-9,25H,2H3,(H,21,22). The van der Waals surface area contributed by atoms with Crippen LogP contribution in [0.4, 0.5) is 5.69 Å². The van der Waals surface area contributed by atoms with Crippen LogP contribution in [0.1, 0.15) is 0 Å². The zero-order chi connectivity index (χ0) is 17.6. The molecule has 0 fully saturated rings. The quantitative estimate of drug-likeness (QED) is 0.522. The molecule has 4 aromatic rings. The Kier molecular flexibility index (Phi) is 3.45. The Hall–Kier alpha value is -3.30. The van der Waals surface area contributed by atoms with Crippen LogP contribution in [-0.2, 0) is 7.05 Å². The summed E-state index contributed by atoms with van der Waals surface area (Å²) < 4.78 is 1.58. The normalized spacial score (nSPS) is 10.9. The van der Waals surface area contributed by atoms with Gasteiger partial charge in [-0.15, -0.1) is 0 Å². The molecular weight excluding hydrogens is 338 g/mol. The largest absolute Gasteiger partial charge is 0.504 e. The van der Waals surface area contributed by atoms with E-state index in [-0.39, 0.29) is 5.75 Å². The minimum atomic E-state index is 0.0364. The Balaban J connectivity index is 1.86. The average molecular weight is 350 g/mol. The number of aromatic nitrogens is 4. The summed E-state index contributed by atoms with van der Waals surface area (Å²) in [6.45, 7) is 7.10. The molecule has 25 heavy (non-hydrogen) atoms. The van der Waals surface area contributed by atoms with E-state index in [2.05, 4.69) is 19.9 Å². The van der Waals surface area contributed by atoms with Crippen molar-refractivity contribution < 1.29 is 5.11 Å². The predicted molar refractivity (Wildman–Crippen MR) is 96.7 cm³/mol. The summed E-state index contributed by atoms with van der Waals surface area (Å²) in [7, 11) is 1.74. The number of halogens is 1. The summed E-state index contributed by atoms with van der Waals surface area (Å²) in [5.74, 6) is 0.527. The molecule has 2 N–H and O–H groups in total. The summed E-state index contributed by atoms with van der Waals surface area (Å²) in [6.07, 6.45) is 0. The SMILES string of the molecule is [C-]#[N+]c1ccc2nc(-c3c(O)c(-c4ccc(Cl)cc4)nn3C)[nH]c2c1. The van der Waals surface area contributed by atoms with E-state index in [4.69, 9.17) is 18.2 Å². The van der Waals surface area contributed by atoms with E-state index < -0.39 is 0 Å². The van der Waals surface area contributed by atoms with Crippen molar-refractivity contribution >= 4 is 28.3 Å². The number of H-pyrrole nitrogens is 1. The Morgan fingerprint density at radius 3 is 2.68 bits per heavy atom. The summed E-state index contributed by atoms with van der Waals surface area (Å²) in [4.78, 5) is 11.1. The molecule has 2 aromatic heterocycles. The lowest BCUT2D eigenvalue weighted by molar-refractivity contribution is 0.478. The molecule has 0 radical (unpaired) electrons. The smallest absolute Gasteiger partial charge is 0.189 e. The van der Waals surface area contributed by atoms with E-state index in [9.17, 15) is 5.11 Å². The lowest BCUT2D eigenvalue weighted by atomic mass is 10.1. The van der Waals surface area contributed by atoms with E-state index in [1.165, 1.54) is 0 Å². The van der Waals surface area contributed by atoms with Crippen LogP contribution in [0.15, 0.2) is 42.5 Å². The van der Waals surface area contributed by atoms with Crippen LogP contribution in [-0.4, -0.2) is 24.9 Å². The first-order valence-corrected chi connectivity index (χ1v) is 7.84. The van der Waals surface area contributed by atoms with Gasteiger partial charge < -0.3 is 10.1 Å². The number of hydrogen-bond donors (Lipinski definition) is 2. The van der Waals surface area contributed by atoms with Gasteiger partial charge in [-0.25, -0.2) is 9.83 Å². The van der Waals surface area contributed by atoms with Gasteiger partial charge in [-0.3, -0.25) is 4.68 Å². The third kappa shape index (κ3) is 2.51. The Morgan fingerprint density at radius 1 is 1.20 bits per heavy atom. The number of aryl methyl sites for hydroxylation is 1. The van der Waals surface area contributed by atoms with E-state index in [1.54, 1.807) is 54.2 Å². The molecule has 4 rings (SSSR count). The number of rotatable bonds is 2. The van der Waals surface area contributed by atoms with Crippen molar-refractivity contribution in [2.45, 2.75) is 0 Å². The molecule has 0 unspecified atom stereocenters. The van der Waals surface area contributed by atoms with Gasteiger partial charge in [0.05, 0.1) is 17.6 Å². The van der Waals surface area contributed by atoms with Crippen molar-refractivity contribution in [3.05, 3.63) is 58.9 Å². The number of aromatic hydroxyl groups is 1. The highest BCUT2D eigenvalue weighted by molar-refractivity contribution is 6.30. The van der Waals surface area contributed by atoms with Crippen molar-refractivity contribution in [3.63, 3.8) is 0 Å². The minimum absolute atomic E-state index is 0.0364. The Bertz CT molecular complexity index is 1130. The molecule has 0 amide bonds. The van der Waals surface area contributed by atoms with Crippen molar-refractivity contribution in [1.82, 2.24) is 19.7 Å². The van der Waals surface area contributed by atoms with Gasteiger partial charge in [0.25, 0.3) is 0 Å². The zero-order valence-electron chi connectivity index (χ0n) is 13.2. The fraction of sp³-hybridized carbons (Fsp3) is 0.0556. The van der Waals surface area contributed by atoms with Gasteiger partial charge >= 0.3 is 0 Å². The van der Waals surface area contributed by atoms with Crippen LogP contribution in [0.25, 0.3) is 38.7 Å². The molecule has 0 spiro atoms. The number of nitrogens with one attached hydrogen (secondary N) is 1.